The number of aryl methyl sites for hydroxylation is 1. The van der Waals surface area contributed by atoms with Gasteiger partial charge < -0.3 is 4.74 Å². The van der Waals surface area contributed by atoms with E-state index in [1.54, 1.807) is 0 Å². The molecule has 1 fully saturated rings. The normalized spacial score (nSPS) is 16.5. The van der Waals surface area contributed by atoms with Crippen LogP contribution in [0.1, 0.15) is 53.5 Å². The topological polar surface area (TPSA) is 15.7 Å². The number of hydrogen-bond acceptors (Lipinski definition) is 3. The molecule has 0 spiro atoms. The Balaban J connectivity index is 0.00000210. The van der Waals surface area contributed by atoms with E-state index in [0.29, 0.717) is 0 Å². The van der Waals surface area contributed by atoms with Gasteiger partial charge in [0.05, 0.1) is 6.61 Å². The first kappa shape index (κ1) is 31.8. The molecule has 212 valence electrons. The summed E-state index contributed by atoms with van der Waals surface area (Å²) in [5.41, 5.74) is 7.04. The smallest absolute Gasteiger partial charge is 0.119 e. The minimum absolute atomic E-state index is 0. The molecule has 2 heterocycles. The van der Waals surface area contributed by atoms with Gasteiger partial charge in [0.25, 0.3) is 0 Å². The standard InChI is InChI=1S/C33H41ClN2O.2ClH/c1-26-7-2-3-9-30(26)24-36-20-16-28-12-13-32(23-29(28)17-21-36)37-22-6-8-27-14-18-35(19-15-27)25-31-10-4-5-11-33(31)34;;/h2-5,7,9-13,23,27H,6,8,14-22,24-25H2,1H3;2*1H. The molecule has 6 heteroatoms. The van der Waals surface area contributed by atoms with Crippen molar-refractivity contribution in [3.05, 3.63) is 99.6 Å². The SMILES string of the molecule is Cc1ccccc1CN1CCc2ccc(OCCCC3CCN(Cc4ccccc4Cl)CC3)cc2CC1.Cl.Cl. The largest absolute Gasteiger partial charge is 0.494 e. The number of fused-ring (bicyclic) bond motifs is 1. The summed E-state index contributed by atoms with van der Waals surface area (Å²) in [6.07, 6.45) is 7.18. The number of halogens is 3. The lowest BCUT2D eigenvalue weighted by Crippen LogP contribution is -2.33. The third-order valence-corrected chi connectivity index (χ3v) is 8.68. The third kappa shape index (κ3) is 9.13. The highest BCUT2D eigenvalue weighted by Gasteiger charge is 2.20. The van der Waals surface area contributed by atoms with Crippen molar-refractivity contribution in [3.8, 4) is 5.75 Å². The minimum Gasteiger partial charge on any atom is -0.494 e. The second-order valence-electron chi connectivity index (χ2n) is 10.9. The number of likely N-dealkylation sites (tertiary alicyclic amines) is 1. The maximum absolute atomic E-state index is 6.35. The summed E-state index contributed by atoms with van der Waals surface area (Å²) in [5.74, 6) is 1.86. The zero-order valence-electron chi connectivity index (χ0n) is 23.1. The van der Waals surface area contributed by atoms with Crippen LogP contribution < -0.4 is 4.74 Å². The van der Waals surface area contributed by atoms with Crippen molar-refractivity contribution < 1.29 is 4.74 Å². The fourth-order valence-corrected chi connectivity index (χ4v) is 6.08. The van der Waals surface area contributed by atoms with Gasteiger partial charge in [0.15, 0.2) is 0 Å². The van der Waals surface area contributed by atoms with Crippen LogP contribution >= 0.6 is 36.4 Å². The molecule has 0 amide bonds. The number of rotatable bonds is 9. The van der Waals surface area contributed by atoms with Gasteiger partial charge in [0.2, 0.25) is 0 Å². The van der Waals surface area contributed by atoms with Crippen LogP contribution in [-0.4, -0.2) is 42.6 Å². The molecule has 39 heavy (non-hydrogen) atoms. The van der Waals surface area contributed by atoms with Gasteiger partial charge in [-0.05, 0) is 110 Å². The second-order valence-corrected chi connectivity index (χ2v) is 11.3. The number of benzene rings is 3. The molecule has 0 radical (unpaired) electrons. The zero-order chi connectivity index (χ0) is 25.5. The van der Waals surface area contributed by atoms with Crippen molar-refractivity contribution in [3.63, 3.8) is 0 Å². The molecule has 2 aliphatic rings. The van der Waals surface area contributed by atoms with Crippen molar-refractivity contribution >= 4 is 36.4 Å². The first-order valence-electron chi connectivity index (χ1n) is 14.1. The van der Waals surface area contributed by atoms with Crippen LogP contribution in [0.15, 0.2) is 66.7 Å². The summed E-state index contributed by atoms with van der Waals surface area (Å²) >= 11 is 6.35. The summed E-state index contributed by atoms with van der Waals surface area (Å²) in [5, 5.41) is 0.888. The van der Waals surface area contributed by atoms with E-state index < -0.39 is 0 Å². The third-order valence-electron chi connectivity index (χ3n) is 8.31. The highest BCUT2D eigenvalue weighted by molar-refractivity contribution is 6.31. The Morgan fingerprint density at radius 2 is 1.41 bits per heavy atom. The molecule has 0 saturated carbocycles. The molecule has 0 bridgehead atoms. The molecular weight excluding hydrogens is 547 g/mol. The van der Waals surface area contributed by atoms with Crippen LogP contribution in [0.3, 0.4) is 0 Å². The van der Waals surface area contributed by atoms with Gasteiger partial charge in [0.1, 0.15) is 5.75 Å². The van der Waals surface area contributed by atoms with E-state index in [1.165, 1.54) is 60.2 Å². The summed E-state index contributed by atoms with van der Waals surface area (Å²) in [4.78, 5) is 5.15. The molecule has 3 aromatic carbocycles. The Hall–Kier alpha value is -1.75. The Morgan fingerprint density at radius 1 is 0.769 bits per heavy atom. The number of nitrogens with zero attached hydrogens (tertiary/aromatic N) is 2. The van der Waals surface area contributed by atoms with Crippen molar-refractivity contribution in [1.82, 2.24) is 9.80 Å². The van der Waals surface area contributed by atoms with Crippen LogP contribution in [-0.2, 0) is 25.9 Å². The molecule has 2 aliphatic heterocycles. The highest BCUT2D eigenvalue weighted by atomic mass is 35.5. The van der Waals surface area contributed by atoms with E-state index in [9.17, 15) is 0 Å². The molecule has 0 atom stereocenters. The first-order chi connectivity index (χ1) is 18.1. The number of hydrogen-bond donors (Lipinski definition) is 0. The fraction of sp³-hybridized carbons (Fsp3) is 0.455. The van der Waals surface area contributed by atoms with Crippen LogP contribution in [0.25, 0.3) is 0 Å². The van der Waals surface area contributed by atoms with Crippen LogP contribution in [0, 0.1) is 12.8 Å². The van der Waals surface area contributed by atoms with E-state index in [0.717, 1.165) is 68.7 Å². The summed E-state index contributed by atoms with van der Waals surface area (Å²) < 4.78 is 6.22. The minimum atomic E-state index is 0. The molecule has 5 rings (SSSR count). The van der Waals surface area contributed by atoms with E-state index in [1.807, 2.05) is 12.1 Å². The number of piperidine rings is 1. The highest BCUT2D eigenvalue weighted by Crippen LogP contribution is 2.26. The molecule has 3 aromatic rings. The van der Waals surface area contributed by atoms with E-state index in [4.69, 9.17) is 16.3 Å². The van der Waals surface area contributed by atoms with Crippen molar-refractivity contribution in [2.75, 3.05) is 32.8 Å². The summed E-state index contributed by atoms with van der Waals surface area (Å²) in [6, 6.07) is 23.8. The van der Waals surface area contributed by atoms with Gasteiger partial charge in [-0.1, -0.05) is 60.1 Å². The van der Waals surface area contributed by atoms with Crippen LogP contribution in [0.2, 0.25) is 5.02 Å². The molecule has 0 unspecified atom stereocenters. The number of ether oxygens (including phenoxy) is 1. The molecular formula is C33H43Cl3N2O. The zero-order valence-corrected chi connectivity index (χ0v) is 25.5. The van der Waals surface area contributed by atoms with E-state index in [2.05, 4.69) is 71.3 Å². The first-order valence-corrected chi connectivity index (χ1v) is 14.5. The van der Waals surface area contributed by atoms with Crippen LogP contribution in [0.5, 0.6) is 5.75 Å². The lowest BCUT2D eigenvalue weighted by atomic mass is 9.92. The second kappa shape index (κ2) is 15.9. The van der Waals surface area contributed by atoms with E-state index in [-0.39, 0.29) is 24.8 Å². The maximum Gasteiger partial charge on any atom is 0.119 e. The van der Waals surface area contributed by atoms with Gasteiger partial charge in [-0.25, -0.2) is 0 Å². The predicted molar refractivity (Wildman–Crippen MR) is 169 cm³/mol. The quantitative estimate of drug-likeness (QED) is 0.234. The Bertz CT molecular complexity index is 1160. The van der Waals surface area contributed by atoms with E-state index >= 15 is 0 Å². The van der Waals surface area contributed by atoms with Gasteiger partial charge in [-0.3, -0.25) is 9.80 Å². The Morgan fingerprint density at radius 3 is 2.15 bits per heavy atom. The van der Waals surface area contributed by atoms with Crippen molar-refractivity contribution in [2.45, 2.75) is 58.5 Å². The van der Waals surface area contributed by atoms with Gasteiger partial charge in [-0.15, -0.1) is 24.8 Å². The summed E-state index contributed by atoms with van der Waals surface area (Å²) in [6.45, 7) is 9.62. The average Bonchev–Trinajstić information content (AvgIpc) is 3.12. The molecule has 1 saturated heterocycles. The van der Waals surface area contributed by atoms with Crippen molar-refractivity contribution in [2.24, 2.45) is 5.92 Å². The van der Waals surface area contributed by atoms with Gasteiger partial charge >= 0.3 is 0 Å². The van der Waals surface area contributed by atoms with Crippen LogP contribution in [0.4, 0.5) is 0 Å². The van der Waals surface area contributed by atoms with Crippen molar-refractivity contribution in [1.29, 1.82) is 0 Å². The molecule has 0 N–H and O–H groups in total. The molecule has 0 aromatic heterocycles. The monoisotopic (exact) mass is 588 g/mol. The molecule has 0 aliphatic carbocycles. The molecule has 3 nitrogen and oxygen atoms in total. The maximum atomic E-state index is 6.35. The van der Waals surface area contributed by atoms with Gasteiger partial charge in [0, 0.05) is 31.2 Å². The summed E-state index contributed by atoms with van der Waals surface area (Å²) in [7, 11) is 0. The lowest BCUT2D eigenvalue weighted by Gasteiger charge is -2.32. The lowest BCUT2D eigenvalue weighted by molar-refractivity contribution is 0.166. The fourth-order valence-electron chi connectivity index (χ4n) is 5.89. The average molecular weight is 590 g/mol. The van der Waals surface area contributed by atoms with Gasteiger partial charge in [-0.2, -0.15) is 0 Å². The predicted octanol–water partition coefficient (Wildman–Crippen LogP) is 8.16. The Kier molecular flexibility index (Phi) is 12.9. The Labute approximate surface area is 252 Å².